The van der Waals surface area contributed by atoms with Crippen molar-refractivity contribution in [2.75, 3.05) is 0 Å². The largest absolute Gasteiger partial charge is 0.353 e. The summed E-state index contributed by atoms with van der Waals surface area (Å²) in [5.41, 5.74) is 4.25. The molecule has 20 heavy (non-hydrogen) atoms. The van der Waals surface area contributed by atoms with E-state index in [2.05, 4.69) is 4.98 Å². The van der Waals surface area contributed by atoms with Crippen LogP contribution in [0.1, 0.15) is 11.1 Å². The molecule has 3 rings (SSSR count). The standard InChI is InChI=1S/C17H14ClNO/c1-10-8-13-16(14(18)9-10)19-15(11(2)17(13)20)12-6-4-3-5-7-12/h3-9H,1-2H3,(H,19,20). The van der Waals surface area contributed by atoms with Crippen molar-refractivity contribution >= 4 is 22.5 Å². The maximum atomic E-state index is 12.5. The van der Waals surface area contributed by atoms with Gasteiger partial charge in [-0.2, -0.15) is 0 Å². The Hall–Kier alpha value is -2.06. The first-order valence-corrected chi connectivity index (χ1v) is 6.84. The van der Waals surface area contributed by atoms with E-state index >= 15 is 0 Å². The molecule has 3 heteroatoms. The average Bonchev–Trinajstić information content (AvgIpc) is 2.44. The molecule has 0 atom stereocenters. The highest BCUT2D eigenvalue weighted by Crippen LogP contribution is 2.26. The number of aromatic amines is 1. The van der Waals surface area contributed by atoms with Gasteiger partial charge in [-0.05, 0) is 37.1 Å². The Bertz CT molecular complexity index is 850. The number of aryl methyl sites for hydroxylation is 1. The molecule has 0 amide bonds. The van der Waals surface area contributed by atoms with Gasteiger partial charge in [-0.15, -0.1) is 0 Å². The van der Waals surface area contributed by atoms with Crippen LogP contribution in [0.15, 0.2) is 47.3 Å². The first-order valence-electron chi connectivity index (χ1n) is 6.46. The minimum absolute atomic E-state index is 0.0307. The second-order valence-corrected chi connectivity index (χ2v) is 5.40. The maximum Gasteiger partial charge on any atom is 0.192 e. The fraction of sp³-hybridized carbons (Fsp3) is 0.118. The van der Waals surface area contributed by atoms with Gasteiger partial charge in [0.25, 0.3) is 0 Å². The number of H-pyrrole nitrogens is 1. The van der Waals surface area contributed by atoms with E-state index in [0.717, 1.165) is 16.8 Å². The van der Waals surface area contributed by atoms with Crippen molar-refractivity contribution in [3.8, 4) is 11.3 Å². The molecule has 0 radical (unpaired) electrons. The smallest absolute Gasteiger partial charge is 0.192 e. The van der Waals surface area contributed by atoms with Gasteiger partial charge in [-0.1, -0.05) is 41.9 Å². The third-order valence-electron chi connectivity index (χ3n) is 3.51. The Morgan fingerprint density at radius 2 is 1.75 bits per heavy atom. The Morgan fingerprint density at radius 1 is 1.05 bits per heavy atom. The molecular formula is C17H14ClNO. The second-order valence-electron chi connectivity index (χ2n) is 4.99. The van der Waals surface area contributed by atoms with E-state index in [4.69, 9.17) is 11.6 Å². The fourth-order valence-corrected chi connectivity index (χ4v) is 2.80. The first kappa shape index (κ1) is 12.9. The highest BCUT2D eigenvalue weighted by Gasteiger charge is 2.12. The number of aromatic nitrogens is 1. The molecule has 0 saturated heterocycles. The molecule has 3 aromatic rings. The van der Waals surface area contributed by atoms with E-state index in [1.807, 2.05) is 56.3 Å². The van der Waals surface area contributed by atoms with E-state index in [-0.39, 0.29) is 5.43 Å². The van der Waals surface area contributed by atoms with Crippen molar-refractivity contribution in [2.45, 2.75) is 13.8 Å². The Balaban J connectivity index is 2.42. The number of hydrogen-bond acceptors (Lipinski definition) is 1. The van der Waals surface area contributed by atoms with Crippen LogP contribution in [0.2, 0.25) is 5.02 Å². The summed E-state index contributed by atoms with van der Waals surface area (Å²) >= 11 is 6.28. The summed E-state index contributed by atoms with van der Waals surface area (Å²) < 4.78 is 0. The van der Waals surface area contributed by atoms with Crippen molar-refractivity contribution < 1.29 is 0 Å². The molecule has 0 aliphatic carbocycles. The van der Waals surface area contributed by atoms with Crippen molar-refractivity contribution in [2.24, 2.45) is 0 Å². The van der Waals surface area contributed by atoms with E-state index in [9.17, 15) is 4.79 Å². The summed E-state index contributed by atoms with van der Waals surface area (Å²) in [7, 11) is 0. The molecule has 0 saturated carbocycles. The van der Waals surface area contributed by atoms with Crippen molar-refractivity contribution in [1.29, 1.82) is 0 Å². The van der Waals surface area contributed by atoms with E-state index in [1.165, 1.54) is 0 Å². The van der Waals surface area contributed by atoms with Crippen LogP contribution in [0.3, 0.4) is 0 Å². The Morgan fingerprint density at radius 3 is 2.45 bits per heavy atom. The number of rotatable bonds is 1. The van der Waals surface area contributed by atoms with Crippen LogP contribution in [0, 0.1) is 13.8 Å². The molecule has 1 heterocycles. The SMILES string of the molecule is Cc1cc(Cl)c2[nH]c(-c3ccccc3)c(C)c(=O)c2c1. The van der Waals surface area contributed by atoms with Crippen LogP contribution in [-0.4, -0.2) is 4.98 Å². The topological polar surface area (TPSA) is 32.9 Å². The maximum absolute atomic E-state index is 12.5. The zero-order valence-corrected chi connectivity index (χ0v) is 12.1. The minimum atomic E-state index is 0.0307. The molecule has 1 N–H and O–H groups in total. The predicted octanol–water partition coefficient (Wildman–Crippen LogP) is 4.47. The lowest BCUT2D eigenvalue weighted by Crippen LogP contribution is -2.10. The summed E-state index contributed by atoms with van der Waals surface area (Å²) in [5, 5.41) is 1.22. The first-order chi connectivity index (χ1) is 9.58. The highest BCUT2D eigenvalue weighted by molar-refractivity contribution is 6.35. The van der Waals surface area contributed by atoms with Gasteiger partial charge < -0.3 is 4.98 Å². The second kappa shape index (κ2) is 4.80. The number of halogens is 1. The summed E-state index contributed by atoms with van der Waals surface area (Å²) in [6, 6.07) is 13.6. The van der Waals surface area contributed by atoms with Gasteiger partial charge in [0.1, 0.15) is 0 Å². The van der Waals surface area contributed by atoms with Crippen molar-refractivity contribution in [3.63, 3.8) is 0 Å². The number of fused-ring (bicyclic) bond motifs is 1. The monoisotopic (exact) mass is 283 g/mol. The lowest BCUT2D eigenvalue weighted by molar-refractivity contribution is 1.29. The normalized spacial score (nSPS) is 10.9. The number of hydrogen-bond donors (Lipinski definition) is 1. The van der Waals surface area contributed by atoms with Crippen LogP contribution in [0.5, 0.6) is 0 Å². The molecule has 0 aliphatic heterocycles. The van der Waals surface area contributed by atoms with Gasteiger partial charge in [-0.3, -0.25) is 4.79 Å². The molecule has 0 aliphatic rings. The van der Waals surface area contributed by atoms with Crippen LogP contribution < -0.4 is 5.43 Å². The molecule has 2 nitrogen and oxygen atoms in total. The summed E-state index contributed by atoms with van der Waals surface area (Å²) in [6.07, 6.45) is 0. The quantitative estimate of drug-likeness (QED) is 0.702. The highest BCUT2D eigenvalue weighted by atomic mass is 35.5. The average molecular weight is 284 g/mol. The summed E-state index contributed by atoms with van der Waals surface area (Å²) in [4.78, 5) is 15.9. The third kappa shape index (κ3) is 2.02. The molecular weight excluding hydrogens is 270 g/mol. The number of benzene rings is 2. The van der Waals surface area contributed by atoms with Gasteiger partial charge in [0.2, 0.25) is 0 Å². The van der Waals surface area contributed by atoms with Crippen LogP contribution in [0.4, 0.5) is 0 Å². The molecule has 0 fully saturated rings. The number of nitrogens with one attached hydrogen (secondary N) is 1. The zero-order valence-electron chi connectivity index (χ0n) is 11.3. The minimum Gasteiger partial charge on any atom is -0.353 e. The molecule has 0 unspecified atom stereocenters. The number of pyridine rings is 1. The van der Waals surface area contributed by atoms with E-state index < -0.39 is 0 Å². The van der Waals surface area contributed by atoms with Gasteiger partial charge in [-0.25, -0.2) is 0 Å². The van der Waals surface area contributed by atoms with Gasteiger partial charge in [0.15, 0.2) is 5.43 Å². The Kier molecular flexibility index (Phi) is 3.11. The third-order valence-corrected chi connectivity index (χ3v) is 3.81. The molecule has 100 valence electrons. The molecule has 2 aromatic carbocycles. The molecule has 1 aromatic heterocycles. The van der Waals surface area contributed by atoms with Crippen LogP contribution in [0.25, 0.3) is 22.2 Å². The van der Waals surface area contributed by atoms with Crippen LogP contribution in [-0.2, 0) is 0 Å². The zero-order chi connectivity index (χ0) is 14.3. The van der Waals surface area contributed by atoms with Crippen molar-refractivity contribution in [1.82, 2.24) is 4.98 Å². The van der Waals surface area contributed by atoms with Gasteiger partial charge >= 0.3 is 0 Å². The predicted molar refractivity (Wildman–Crippen MR) is 84.5 cm³/mol. The van der Waals surface area contributed by atoms with E-state index in [0.29, 0.717) is 21.5 Å². The lowest BCUT2D eigenvalue weighted by atomic mass is 10.0. The molecule has 0 spiro atoms. The van der Waals surface area contributed by atoms with Gasteiger partial charge in [0, 0.05) is 10.9 Å². The summed E-state index contributed by atoms with van der Waals surface area (Å²) in [5.74, 6) is 0. The fourth-order valence-electron chi connectivity index (χ4n) is 2.48. The van der Waals surface area contributed by atoms with Crippen LogP contribution >= 0.6 is 11.6 Å². The molecule has 0 bridgehead atoms. The Labute approximate surface area is 122 Å². The van der Waals surface area contributed by atoms with Crippen molar-refractivity contribution in [3.05, 3.63) is 68.8 Å². The lowest BCUT2D eigenvalue weighted by Gasteiger charge is -2.10. The summed E-state index contributed by atoms with van der Waals surface area (Å²) in [6.45, 7) is 3.78. The van der Waals surface area contributed by atoms with E-state index in [1.54, 1.807) is 0 Å². The van der Waals surface area contributed by atoms with Gasteiger partial charge in [0.05, 0.1) is 16.2 Å².